The first-order valence-electron chi connectivity index (χ1n) is 12.7. The van der Waals surface area contributed by atoms with Gasteiger partial charge in [0.05, 0.1) is 11.3 Å². The van der Waals surface area contributed by atoms with E-state index in [4.69, 9.17) is 2.74 Å². The third-order valence-corrected chi connectivity index (χ3v) is 7.06. The highest BCUT2D eigenvalue weighted by molar-refractivity contribution is 7.92. The Morgan fingerprint density at radius 3 is 2.62 bits per heavy atom. The van der Waals surface area contributed by atoms with Gasteiger partial charge in [-0.3, -0.25) is 4.72 Å². The van der Waals surface area contributed by atoms with Crippen LogP contribution in [0.2, 0.25) is 0 Å². The molecule has 0 fully saturated rings. The molecule has 0 amide bonds. The molecule has 1 N–H and O–H groups in total. The van der Waals surface area contributed by atoms with Crippen LogP contribution in [0.25, 0.3) is 11.3 Å². The molecule has 2 aromatic heterocycles. The smallest absolute Gasteiger partial charge is 0.357 e. The van der Waals surface area contributed by atoms with Gasteiger partial charge in [0.25, 0.3) is 10.0 Å². The second-order valence-electron chi connectivity index (χ2n) is 8.65. The number of sulfonamides is 1. The van der Waals surface area contributed by atoms with Gasteiger partial charge >= 0.3 is 6.18 Å². The molecule has 4 rings (SSSR count). The van der Waals surface area contributed by atoms with Gasteiger partial charge < -0.3 is 9.69 Å². The van der Waals surface area contributed by atoms with Gasteiger partial charge in [-0.05, 0) is 62.4 Å². The van der Waals surface area contributed by atoms with Crippen LogP contribution in [-0.2, 0) is 27.4 Å². The molecule has 0 unspecified atom stereocenters. The highest BCUT2D eigenvalue weighted by atomic mass is 32.2. The van der Waals surface area contributed by atoms with Crippen LogP contribution in [0.3, 0.4) is 0 Å². The SMILES string of the molecule is [2H]C1([2H])CCCN(CCCC(C)=O)c2cccc(n2)S(=O)(=O)Nc2ccc(C(F)(F)F)c(n2)-c2ccccc21. The molecule has 37 heavy (non-hydrogen) atoms. The van der Waals surface area contributed by atoms with Crippen LogP contribution in [0, 0.1) is 0 Å². The van der Waals surface area contributed by atoms with Gasteiger partial charge in [0.2, 0.25) is 0 Å². The predicted molar refractivity (Wildman–Crippen MR) is 135 cm³/mol. The molecule has 0 spiro atoms. The zero-order valence-electron chi connectivity index (χ0n) is 22.0. The summed E-state index contributed by atoms with van der Waals surface area (Å²) in [6.07, 6.45) is -5.82. The summed E-state index contributed by atoms with van der Waals surface area (Å²) in [7, 11) is -4.34. The minimum atomic E-state index is -4.82. The van der Waals surface area contributed by atoms with Crippen molar-refractivity contribution in [3.63, 3.8) is 0 Å². The molecule has 3 heterocycles. The Balaban J connectivity index is 1.87. The van der Waals surface area contributed by atoms with Crippen molar-refractivity contribution < 1.29 is 29.1 Å². The lowest BCUT2D eigenvalue weighted by molar-refractivity contribution is -0.137. The van der Waals surface area contributed by atoms with Crippen LogP contribution in [0.1, 0.15) is 46.5 Å². The Morgan fingerprint density at radius 2 is 1.86 bits per heavy atom. The fraction of sp³-hybridized carbons (Fsp3) is 0.346. The van der Waals surface area contributed by atoms with Gasteiger partial charge in [0.1, 0.15) is 17.4 Å². The topological polar surface area (TPSA) is 92.3 Å². The number of aromatic nitrogens is 2. The summed E-state index contributed by atoms with van der Waals surface area (Å²) in [5.74, 6) is -0.0469. The number of aryl methyl sites for hydroxylation is 1. The molecule has 1 aromatic carbocycles. The van der Waals surface area contributed by atoms with Gasteiger partial charge in [-0.1, -0.05) is 30.3 Å². The highest BCUT2D eigenvalue weighted by Crippen LogP contribution is 2.38. The minimum absolute atomic E-state index is 0.00208. The van der Waals surface area contributed by atoms with Crippen molar-refractivity contribution in [3.8, 4) is 11.3 Å². The van der Waals surface area contributed by atoms with Crippen molar-refractivity contribution >= 4 is 27.4 Å². The van der Waals surface area contributed by atoms with Crippen LogP contribution in [-0.4, -0.2) is 37.3 Å². The van der Waals surface area contributed by atoms with E-state index in [-0.39, 0.29) is 47.1 Å². The van der Waals surface area contributed by atoms with E-state index < -0.39 is 33.8 Å². The van der Waals surface area contributed by atoms with Gasteiger partial charge in [-0.2, -0.15) is 21.6 Å². The molecule has 0 saturated carbocycles. The number of carbonyl (C=O) groups excluding carboxylic acids is 1. The molecule has 0 saturated heterocycles. The highest BCUT2D eigenvalue weighted by Gasteiger charge is 2.35. The van der Waals surface area contributed by atoms with E-state index in [1.807, 2.05) is 0 Å². The average molecular weight is 535 g/mol. The normalized spacial score (nSPS) is 17.8. The second-order valence-corrected chi connectivity index (χ2v) is 10.3. The number of alkyl halides is 3. The third kappa shape index (κ3) is 6.46. The second kappa shape index (κ2) is 10.9. The number of fused-ring (bicyclic) bond motifs is 6. The maximum Gasteiger partial charge on any atom is 0.418 e. The number of anilines is 2. The molecule has 0 radical (unpaired) electrons. The lowest BCUT2D eigenvalue weighted by atomic mass is 9.96. The summed E-state index contributed by atoms with van der Waals surface area (Å²) < 4.78 is 88.1. The number of ketones is 1. The van der Waals surface area contributed by atoms with Crippen molar-refractivity contribution in [1.82, 2.24) is 9.97 Å². The number of Topliss-reactive ketones (excluding diaryl/α,β-unsaturated/α-hetero) is 1. The number of hydrogen-bond acceptors (Lipinski definition) is 6. The fourth-order valence-corrected chi connectivity index (χ4v) is 5.03. The van der Waals surface area contributed by atoms with Crippen molar-refractivity contribution in [2.24, 2.45) is 0 Å². The zero-order valence-corrected chi connectivity index (χ0v) is 20.9. The zero-order chi connectivity index (χ0) is 28.4. The first kappa shape index (κ1) is 23.9. The van der Waals surface area contributed by atoms with E-state index in [1.165, 1.54) is 43.3 Å². The van der Waals surface area contributed by atoms with Crippen LogP contribution in [0.15, 0.2) is 59.6 Å². The number of pyridine rings is 2. The summed E-state index contributed by atoms with van der Waals surface area (Å²) in [5, 5.41) is -0.356. The summed E-state index contributed by atoms with van der Waals surface area (Å²) in [6, 6.07) is 11.8. The molecule has 3 aromatic rings. The molecular weight excluding hydrogens is 505 g/mol. The summed E-state index contributed by atoms with van der Waals surface area (Å²) >= 11 is 0. The van der Waals surface area contributed by atoms with Crippen LogP contribution >= 0.6 is 0 Å². The van der Waals surface area contributed by atoms with E-state index >= 15 is 0 Å². The molecule has 1 aliphatic rings. The molecular formula is C26H27F3N4O3S. The van der Waals surface area contributed by atoms with E-state index in [0.717, 1.165) is 12.1 Å². The van der Waals surface area contributed by atoms with Gasteiger partial charge in [-0.25, -0.2) is 9.97 Å². The molecule has 11 heteroatoms. The summed E-state index contributed by atoms with van der Waals surface area (Å²) in [4.78, 5) is 21.5. The average Bonchev–Trinajstić information content (AvgIpc) is 2.86. The number of halogens is 3. The number of rotatable bonds is 4. The van der Waals surface area contributed by atoms with Crippen LogP contribution in [0.5, 0.6) is 0 Å². The lowest BCUT2D eigenvalue weighted by Gasteiger charge is -2.24. The van der Waals surface area contributed by atoms with E-state index in [0.29, 0.717) is 25.2 Å². The Kier molecular flexibility index (Phi) is 7.03. The first-order chi connectivity index (χ1) is 18.3. The van der Waals surface area contributed by atoms with E-state index in [2.05, 4.69) is 14.7 Å². The largest absolute Gasteiger partial charge is 0.418 e. The molecule has 0 atom stereocenters. The molecule has 4 bridgehead atoms. The Hall–Kier alpha value is -3.47. The van der Waals surface area contributed by atoms with Crippen molar-refractivity contribution in [1.29, 1.82) is 0 Å². The lowest BCUT2D eigenvalue weighted by Crippen LogP contribution is -2.28. The quantitative estimate of drug-likeness (QED) is 0.477. The third-order valence-electron chi connectivity index (χ3n) is 5.81. The maximum absolute atomic E-state index is 14.0. The molecule has 0 aliphatic carbocycles. The van der Waals surface area contributed by atoms with Crippen molar-refractivity contribution in [3.05, 3.63) is 65.7 Å². The van der Waals surface area contributed by atoms with Crippen LogP contribution < -0.4 is 9.62 Å². The minimum Gasteiger partial charge on any atom is -0.357 e. The Labute approximate surface area is 216 Å². The Bertz CT molecular complexity index is 1480. The van der Waals surface area contributed by atoms with Crippen molar-refractivity contribution in [2.75, 3.05) is 22.7 Å². The number of nitrogens with one attached hydrogen (secondary N) is 1. The molecule has 7 nitrogen and oxygen atoms in total. The van der Waals surface area contributed by atoms with E-state index in [9.17, 15) is 26.4 Å². The number of nitrogens with zero attached hydrogens (tertiary/aromatic N) is 3. The Morgan fingerprint density at radius 1 is 1.08 bits per heavy atom. The van der Waals surface area contributed by atoms with Gasteiger partial charge in [0, 0.05) is 27.8 Å². The van der Waals surface area contributed by atoms with E-state index in [1.54, 1.807) is 11.0 Å². The fourth-order valence-electron chi connectivity index (χ4n) is 4.07. The number of hydrogen-bond donors (Lipinski definition) is 1. The molecule has 196 valence electrons. The number of benzene rings is 1. The van der Waals surface area contributed by atoms with Crippen molar-refractivity contribution in [2.45, 2.75) is 50.2 Å². The first-order valence-corrected chi connectivity index (χ1v) is 13.2. The monoisotopic (exact) mass is 534 g/mol. The predicted octanol–water partition coefficient (Wildman–Crippen LogP) is 5.48. The summed E-state index contributed by atoms with van der Waals surface area (Å²) in [6.45, 7) is 2.13. The molecule has 1 aliphatic heterocycles. The summed E-state index contributed by atoms with van der Waals surface area (Å²) in [5.41, 5.74) is -1.76. The van der Waals surface area contributed by atoms with Crippen LogP contribution in [0.4, 0.5) is 24.8 Å². The maximum atomic E-state index is 14.0. The van der Waals surface area contributed by atoms with Gasteiger partial charge in [-0.15, -0.1) is 0 Å². The number of carbonyl (C=O) groups is 1. The van der Waals surface area contributed by atoms with Gasteiger partial charge in [0.15, 0.2) is 5.03 Å². The standard InChI is InChI=1S/C26H27F3N4O3S/c1-18(34)8-7-17-33-16-5-4-10-19-9-2-3-11-20(19)25-21(26(27,28)29)14-15-22(30-25)32-37(35,36)24-13-6-12-23(33)31-24/h2-3,6,9,11-15H,4-5,7-8,10,16-17H2,1H3,(H,30,32)/i10D2.